The largest absolute Gasteiger partial charge is 0.390 e. The second-order valence-electron chi connectivity index (χ2n) is 3.96. The Balaban J connectivity index is 2.45. The van der Waals surface area contributed by atoms with Gasteiger partial charge in [-0.2, -0.15) is 13.2 Å². The van der Waals surface area contributed by atoms with Gasteiger partial charge >= 0.3 is 6.18 Å². The first-order valence-electron chi connectivity index (χ1n) is 5.25. The third-order valence-electron chi connectivity index (χ3n) is 2.27. The van der Waals surface area contributed by atoms with Crippen molar-refractivity contribution in [3.05, 3.63) is 29.8 Å². The molecule has 0 aliphatic rings. The van der Waals surface area contributed by atoms with E-state index < -0.39 is 22.4 Å². The number of benzene rings is 1. The van der Waals surface area contributed by atoms with Crippen LogP contribution in [0.5, 0.6) is 0 Å². The summed E-state index contributed by atoms with van der Waals surface area (Å²) < 4.78 is 57.9. The van der Waals surface area contributed by atoms with Gasteiger partial charge in [-0.3, -0.25) is 0 Å². The van der Waals surface area contributed by atoms with E-state index in [4.69, 9.17) is 0 Å². The molecule has 0 amide bonds. The van der Waals surface area contributed by atoms with E-state index in [-0.39, 0.29) is 18.0 Å². The van der Waals surface area contributed by atoms with E-state index in [0.29, 0.717) is 0 Å². The van der Waals surface area contributed by atoms with Gasteiger partial charge in [0.1, 0.15) is 0 Å². The molecule has 1 aromatic carbocycles. The Labute approximate surface area is 104 Å². The second kappa shape index (κ2) is 5.71. The fraction of sp³-hybridized carbons (Fsp3) is 0.455. The third kappa shape index (κ3) is 5.50. The molecule has 3 nitrogen and oxygen atoms in total. The molecule has 1 rings (SSSR count). The molecule has 0 unspecified atom stereocenters. The highest BCUT2D eigenvalue weighted by Crippen LogP contribution is 2.18. The Morgan fingerprint density at radius 1 is 1.17 bits per heavy atom. The molecule has 0 saturated carbocycles. The minimum atomic E-state index is -4.16. The van der Waals surface area contributed by atoms with E-state index in [1.165, 1.54) is 12.1 Å². The molecule has 7 heteroatoms. The standard InChI is InChI=1S/C11H14F3NO2S/c1-18(16,17)10-4-2-9(3-5-10)8-15-7-6-11(12,13)14/h2-5,15H,6-8H2,1H3. The normalized spacial score (nSPS) is 12.7. The number of halogens is 3. The zero-order chi connectivity index (χ0) is 13.8. The van der Waals surface area contributed by atoms with Crippen LogP contribution in [0.4, 0.5) is 13.2 Å². The summed E-state index contributed by atoms with van der Waals surface area (Å²) >= 11 is 0. The zero-order valence-electron chi connectivity index (χ0n) is 9.79. The second-order valence-corrected chi connectivity index (χ2v) is 5.97. The average molecular weight is 281 g/mol. The molecule has 18 heavy (non-hydrogen) atoms. The molecule has 1 aromatic rings. The molecule has 0 saturated heterocycles. The highest BCUT2D eigenvalue weighted by Gasteiger charge is 2.25. The smallest absolute Gasteiger partial charge is 0.312 e. The minimum absolute atomic E-state index is 0.155. The first kappa shape index (κ1) is 15.0. The molecule has 0 aliphatic carbocycles. The Morgan fingerprint density at radius 2 is 1.72 bits per heavy atom. The summed E-state index contributed by atoms with van der Waals surface area (Å²) in [4.78, 5) is 0.196. The van der Waals surface area contributed by atoms with Gasteiger partial charge in [0, 0.05) is 19.3 Å². The summed E-state index contributed by atoms with van der Waals surface area (Å²) in [6.45, 7) is 0.122. The first-order valence-corrected chi connectivity index (χ1v) is 7.14. The van der Waals surface area contributed by atoms with Crippen LogP contribution in [0, 0.1) is 0 Å². The van der Waals surface area contributed by atoms with Crippen LogP contribution in [0.2, 0.25) is 0 Å². The molecule has 0 spiro atoms. The van der Waals surface area contributed by atoms with Crippen molar-refractivity contribution in [3.8, 4) is 0 Å². The van der Waals surface area contributed by atoms with Gasteiger partial charge in [0.15, 0.2) is 9.84 Å². The lowest BCUT2D eigenvalue weighted by Crippen LogP contribution is -2.21. The van der Waals surface area contributed by atoms with Gasteiger partial charge in [-0.25, -0.2) is 8.42 Å². The fourth-order valence-electron chi connectivity index (χ4n) is 1.32. The van der Waals surface area contributed by atoms with Crippen LogP contribution in [-0.4, -0.2) is 27.4 Å². The topological polar surface area (TPSA) is 46.2 Å². The third-order valence-corrected chi connectivity index (χ3v) is 3.39. The van der Waals surface area contributed by atoms with E-state index in [0.717, 1.165) is 11.8 Å². The number of hydrogen-bond acceptors (Lipinski definition) is 3. The maximum Gasteiger partial charge on any atom is 0.390 e. The van der Waals surface area contributed by atoms with Crippen LogP contribution in [-0.2, 0) is 16.4 Å². The number of alkyl halides is 3. The Morgan fingerprint density at radius 3 is 2.17 bits per heavy atom. The lowest BCUT2D eigenvalue weighted by molar-refractivity contribution is -0.133. The average Bonchev–Trinajstić information content (AvgIpc) is 2.22. The van der Waals surface area contributed by atoms with Crippen molar-refractivity contribution in [1.29, 1.82) is 0 Å². The molecule has 0 fully saturated rings. The number of hydrogen-bond donors (Lipinski definition) is 1. The van der Waals surface area contributed by atoms with Crippen LogP contribution < -0.4 is 5.32 Å². The summed E-state index contributed by atoms with van der Waals surface area (Å²) in [6, 6.07) is 6.04. The van der Waals surface area contributed by atoms with Gasteiger partial charge in [-0.15, -0.1) is 0 Å². The molecule has 0 aliphatic heterocycles. The molecule has 0 aromatic heterocycles. The Bertz CT molecular complexity index is 480. The van der Waals surface area contributed by atoms with E-state index in [1.807, 2.05) is 0 Å². The monoisotopic (exact) mass is 281 g/mol. The van der Waals surface area contributed by atoms with Gasteiger partial charge < -0.3 is 5.32 Å². The van der Waals surface area contributed by atoms with Crippen molar-refractivity contribution < 1.29 is 21.6 Å². The van der Waals surface area contributed by atoms with E-state index in [9.17, 15) is 21.6 Å². The molecule has 0 bridgehead atoms. The summed E-state index contributed by atoms with van der Waals surface area (Å²) in [7, 11) is -3.23. The molecular formula is C11H14F3NO2S. The van der Waals surface area contributed by atoms with Crippen LogP contribution in [0.3, 0.4) is 0 Å². The van der Waals surface area contributed by atoms with Gasteiger partial charge in [0.25, 0.3) is 0 Å². The zero-order valence-corrected chi connectivity index (χ0v) is 10.6. The molecule has 0 atom stereocenters. The van der Waals surface area contributed by atoms with Crippen LogP contribution in [0.25, 0.3) is 0 Å². The van der Waals surface area contributed by atoms with Crippen molar-refractivity contribution in [1.82, 2.24) is 5.32 Å². The van der Waals surface area contributed by atoms with Crippen molar-refractivity contribution in [2.75, 3.05) is 12.8 Å². The Kier molecular flexibility index (Phi) is 4.75. The number of sulfone groups is 1. The molecule has 0 radical (unpaired) electrons. The van der Waals surface area contributed by atoms with Crippen LogP contribution in [0.15, 0.2) is 29.2 Å². The highest BCUT2D eigenvalue weighted by molar-refractivity contribution is 7.90. The fourth-order valence-corrected chi connectivity index (χ4v) is 1.95. The first-order chi connectivity index (χ1) is 8.18. The van der Waals surface area contributed by atoms with Gasteiger partial charge in [0.05, 0.1) is 11.3 Å². The predicted octanol–water partition coefficient (Wildman–Crippen LogP) is 2.13. The van der Waals surface area contributed by atoms with E-state index in [1.54, 1.807) is 12.1 Å². The maximum atomic E-state index is 11.9. The highest BCUT2D eigenvalue weighted by atomic mass is 32.2. The van der Waals surface area contributed by atoms with E-state index >= 15 is 0 Å². The Hall–Kier alpha value is -1.08. The molecule has 102 valence electrons. The summed E-state index contributed by atoms with van der Waals surface area (Å²) in [5.74, 6) is 0. The summed E-state index contributed by atoms with van der Waals surface area (Å²) in [5.41, 5.74) is 0.740. The van der Waals surface area contributed by atoms with Gasteiger partial charge in [-0.05, 0) is 17.7 Å². The van der Waals surface area contributed by atoms with Crippen LogP contribution >= 0.6 is 0 Å². The SMILES string of the molecule is CS(=O)(=O)c1ccc(CNCCC(F)(F)F)cc1. The maximum absolute atomic E-state index is 11.9. The van der Waals surface area contributed by atoms with Crippen molar-refractivity contribution in [2.24, 2.45) is 0 Å². The summed E-state index contributed by atoms with van der Waals surface area (Å²) in [6.07, 6.45) is -3.94. The van der Waals surface area contributed by atoms with Gasteiger partial charge in [-0.1, -0.05) is 12.1 Å². The van der Waals surface area contributed by atoms with E-state index in [2.05, 4.69) is 5.32 Å². The minimum Gasteiger partial charge on any atom is -0.312 e. The van der Waals surface area contributed by atoms with Crippen molar-refractivity contribution in [3.63, 3.8) is 0 Å². The summed E-state index contributed by atoms with van der Waals surface area (Å²) in [5, 5.41) is 2.65. The molecule has 0 heterocycles. The molecule has 1 N–H and O–H groups in total. The number of rotatable bonds is 5. The van der Waals surface area contributed by atoms with Crippen LogP contribution in [0.1, 0.15) is 12.0 Å². The van der Waals surface area contributed by atoms with Gasteiger partial charge in [0.2, 0.25) is 0 Å². The quantitative estimate of drug-likeness (QED) is 0.841. The lowest BCUT2D eigenvalue weighted by Gasteiger charge is -2.08. The van der Waals surface area contributed by atoms with Crippen molar-refractivity contribution >= 4 is 9.84 Å². The predicted molar refractivity (Wildman–Crippen MR) is 61.9 cm³/mol. The number of nitrogens with one attached hydrogen (secondary N) is 1. The lowest BCUT2D eigenvalue weighted by atomic mass is 10.2. The van der Waals surface area contributed by atoms with Crippen molar-refractivity contribution in [2.45, 2.75) is 24.0 Å². The molecular weight excluding hydrogens is 267 g/mol.